The van der Waals surface area contributed by atoms with E-state index in [2.05, 4.69) is 71.6 Å². The van der Waals surface area contributed by atoms with Crippen molar-refractivity contribution in [2.45, 2.75) is 45.0 Å². The second-order valence-electron chi connectivity index (χ2n) is 6.35. The van der Waals surface area contributed by atoms with Gasteiger partial charge in [0.05, 0.1) is 13.2 Å². The van der Waals surface area contributed by atoms with Crippen LogP contribution in [0.3, 0.4) is 0 Å². The Morgan fingerprint density at radius 3 is 2.57 bits per heavy atom. The van der Waals surface area contributed by atoms with Gasteiger partial charge in [-0.25, -0.2) is 0 Å². The van der Waals surface area contributed by atoms with Gasteiger partial charge in [0.1, 0.15) is 0 Å². The van der Waals surface area contributed by atoms with Crippen molar-refractivity contribution in [2.75, 3.05) is 44.3 Å². The Kier molecular flexibility index (Phi) is 7.38. The highest BCUT2D eigenvalue weighted by atomic mass is 79.9. The summed E-state index contributed by atoms with van der Waals surface area (Å²) in [6.07, 6.45) is 0. The van der Waals surface area contributed by atoms with E-state index in [9.17, 15) is 0 Å². The number of benzene rings is 1. The van der Waals surface area contributed by atoms with Gasteiger partial charge in [-0.3, -0.25) is 0 Å². The van der Waals surface area contributed by atoms with Gasteiger partial charge in [0.2, 0.25) is 0 Å². The zero-order valence-electron chi connectivity index (χ0n) is 15.0. The van der Waals surface area contributed by atoms with Crippen LogP contribution in [-0.4, -0.2) is 50.3 Å². The lowest BCUT2D eigenvalue weighted by atomic mass is 9.94. The first-order valence-corrected chi connectivity index (χ1v) is 10.0. The predicted octanol–water partition coefficient (Wildman–Crippen LogP) is 4.25. The van der Waals surface area contributed by atoms with Gasteiger partial charge in [-0.15, -0.1) is 0 Å². The molecule has 0 bridgehead atoms. The van der Waals surface area contributed by atoms with Crippen molar-refractivity contribution in [2.24, 2.45) is 0 Å². The van der Waals surface area contributed by atoms with E-state index in [0.717, 1.165) is 44.7 Å². The lowest BCUT2D eigenvalue weighted by Crippen LogP contribution is -2.34. The van der Waals surface area contributed by atoms with Crippen LogP contribution in [0.2, 0.25) is 0 Å². The molecule has 0 saturated carbocycles. The summed E-state index contributed by atoms with van der Waals surface area (Å²) in [5, 5.41) is 0.932. The number of anilines is 1. The highest BCUT2D eigenvalue weighted by molar-refractivity contribution is 9.08. The number of ether oxygens (including phenoxy) is 1. The fourth-order valence-corrected chi connectivity index (χ4v) is 4.03. The van der Waals surface area contributed by atoms with Gasteiger partial charge in [0.15, 0.2) is 0 Å². The molecule has 4 heteroatoms. The maximum atomic E-state index is 5.89. The molecule has 23 heavy (non-hydrogen) atoms. The summed E-state index contributed by atoms with van der Waals surface area (Å²) in [6, 6.07) is 7.21. The van der Waals surface area contributed by atoms with E-state index in [-0.39, 0.29) is 0 Å². The molecule has 0 saturated heterocycles. The Morgan fingerprint density at radius 1 is 1.17 bits per heavy atom. The van der Waals surface area contributed by atoms with E-state index < -0.39 is 0 Å². The van der Waals surface area contributed by atoms with Crippen LogP contribution in [0, 0.1) is 0 Å². The monoisotopic (exact) mass is 382 g/mol. The number of halogens is 1. The van der Waals surface area contributed by atoms with Crippen molar-refractivity contribution in [3.63, 3.8) is 0 Å². The lowest BCUT2D eigenvalue weighted by molar-refractivity contribution is 0.111. The van der Waals surface area contributed by atoms with Gasteiger partial charge < -0.3 is 14.5 Å². The highest BCUT2D eigenvalue weighted by Crippen LogP contribution is 2.42. The van der Waals surface area contributed by atoms with Crippen LogP contribution in [0.1, 0.15) is 44.7 Å². The van der Waals surface area contributed by atoms with E-state index in [4.69, 9.17) is 4.74 Å². The molecule has 1 aliphatic heterocycles. The van der Waals surface area contributed by atoms with Crippen LogP contribution in [-0.2, 0) is 10.1 Å². The number of hydrogen-bond acceptors (Lipinski definition) is 3. The molecule has 1 unspecified atom stereocenters. The summed E-state index contributed by atoms with van der Waals surface area (Å²) in [6.45, 7) is 14.9. The molecular weight excluding hydrogens is 352 g/mol. The van der Waals surface area contributed by atoms with Crippen molar-refractivity contribution in [3.8, 4) is 0 Å². The fourth-order valence-electron chi connectivity index (χ4n) is 3.55. The van der Waals surface area contributed by atoms with E-state index in [1.54, 1.807) is 0 Å². The Hall–Kier alpha value is -0.580. The maximum absolute atomic E-state index is 5.89. The summed E-state index contributed by atoms with van der Waals surface area (Å²) in [5.74, 6) is 0.578. The zero-order chi connectivity index (χ0) is 16.8. The minimum absolute atomic E-state index is 0.539. The smallest absolute Gasteiger partial charge is 0.0642 e. The molecule has 2 rings (SSSR count). The van der Waals surface area contributed by atoms with Crippen molar-refractivity contribution in [3.05, 3.63) is 29.3 Å². The topological polar surface area (TPSA) is 15.7 Å². The van der Waals surface area contributed by atoms with Crippen LogP contribution >= 0.6 is 15.9 Å². The average molecular weight is 383 g/mol. The van der Waals surface area contributed by atoms with Gasteiger partial charge in [0.25, 0.3) is 0 Å². The van der Waals surface area contributed by atoms with E-state index >= 15 is 0 Å². The third-order valence-electron chi connectivity index (χ3n) is 5.22. The molecule has 0 aromatic heterocycles. The van der Waals surface area contributed by atoms with Crippen LogP contribution in [0.4, 0.5) is 5.69 Å². The molecule has 3 nitrogen and oxygen atoms in total. The first-order chi connectivity index (χ1) is 11.1. The molecule has 0 radical (unpaired) electrons. The van der Waals surface area contributed by atoms with Crippen molar-refractivity contribution >= 4 is 21.6 Å². The molecule has 1 aromatic rings. The standard InChI is InChI=1S/C19H31BrN2O/c1-5-21(6-2)10-12-23-13-11-22-16(4)15(3)19-17(14-20)8-7-9-18(19)22/h7-9,15-16H,5-6,10-14H2,1-4H3/t15?,16-/m1/s1. The SMILES string of the molecule is CCN(CC)CCOCCN1c2cccc(CBr)c2C(C)[C@H]1C. The second kappa shape index (κ2) is 9.05. The Morgan fingerprint density at radius 2 is 1.91 bits per heavy atom. The van der Waals surface area contributed by atoms with Crippen LogP contribution < -0.4 is 4.90 Å². The van der Waals surface area contributed by atoms with Gasteiger partial charge in [-0.1, -0.05) is 48.8 Å². The molecule has 1 aromatic carbocycles. The molecule has 1 aliphatic rings. The zero-order valence-corrected chi connectivity index (χ0v) is 16.6. The highest BCUT2D eigenvalue weighted by Gasteiger charge is 2.33. The molecule has 0 amide bonds. The van der Waals surface area contributed by atoms with Gasteiger partial charge >= 0.3 is 0 Å². The molecule has 0 fully saturated rings. The molecule has 1 heterocycles. The first-order valence-electron chi connectivity index (χ1n) is 8.88. The minimum atomic E-state index is 0.539. The van der Waals surface area contributed by atoms with Crippen molar-refractivity contribution in [1.29, 1.82) is 0 Å². The molecule has 2 atom stereocenters. The van der Waals surface area contributed by atoms with E-state index in [0.29, 0.717) is 12.0 Å². The van der Waals surface area contributed by atoms with Gasteiger partial charge in [-0.05, 0) is 37.2 Å². The van der Waals surface area contributed by atoms with Crippen molar-refractivity contribution in [1.82, 2.24) is 4.90 Å². The number of likely N-dealkylation sites (N-methyl/N-ethyl adjacent to an activating group) is 1. The van der Waals surface area contributed by atoms with Crippen molar-refractivity contribution < 1.29 is 4.74 Å². The molecular formula is C19H31BrN2O. The van der Waals surface area contributed by atoms with Crippen LogP contribution in [0.15, 0.2) is 18.2 Å². The minimum Gasteiger partial charge on any atom is -0.378 e. The number of hydrogen-bond donors (Lipinski definition) is 0. The second-order valence-corrected chi connectivity index (χ2v) is 6.91. The third-order valence-corrected chi connectivity index (χ3v) is 5.82. The molecule has 130 valence electrons. The van der Waals surface area contributed by atoms with E-state index in [1.165, 1.54) is 16.8 Å². The van der Waals surface area contributed by atoms with E-state index in [1.807, 2.05) is 0 Å². The Bertz CT molecular complexity index is 490. The number of nitrogens with zero attached hydrogens (tertiary/aromatic N) is 2. The number of fused-ring (bicyclic) bond motifs is 1. The average Bonchev–Trinajstić information content (AvgIpc) is 2.82. The number of rotatable bonds is 9. The summed E-state index contributed by atoms with van der Waals surface area (Å²) < 4.78 is 5.89. The molecule has 0 spiro atoms. The summed E-state index contributed by atoms with van der Waals surface area (Å²) in [5.41, 5.74) is 4.33. The lowest BCUT2D eigenvalue weighted by Gasteiger charge is -2.26. The predicted molar refractivity (Wildman–Crippen MR) is 103 cm³/mol. The summed E-state index contributed by atoms with van der Waals surface area (Å²) >= 11 is 3.63. The van der Waals surface area contributed by atoms with Crippen LogP contribution in [0.25, 0.3) is 0 Å². The largest absolute Gasteiger partial charge is 0.378 e. The van der Waals surface area contributed by atoms with Gasteiger partial charge in [0, 0.05) is 36.1 Å². The van der Waals surface area contributed by atoms with Gasteiger partial charge in [-0.2, -0.15) is 0 Å². The molecule has 0 N–H and O–H groups in total. The quantitative estimate of drug-likeness (QED) is 0.468. The van der Waals surface area contributed by atoms with Crippen LogP contribution in [0.5, 0.6) is 0 Å². The fraction of sp³-hybridized carbons (Fsp3) is 0.684. The Balaban J connectivity index is 1.90. The Labute approximate surface area is 150 Å². The normalized spacial score (nSPS) is 20.3. The molecule has 0 aliphatic carbocycles. The summed E-state index contributed by atoms with van der Waals surface area (Å²) in [4.78, 5) is 4.92. The number of alkyl halides is 1. The summed E-state index contributed by atoms with van der Waals surface area (Å²) in [7, 11) is 0. The first kappa shape index (κ1) is 18.8. The maximum Gasteiger partial charge on any atom is 0.0642 e. The third kappa shape index (κ3) is 4.28.